The summed E-state index contributed by atoms with van der Waals surface area (Å²) in [6.45, 7) is 6.34. The molecule has 0 aliphatic carbocycles. The van der Waals surface area contributed by atoms with Gasteiger partial charge in [-0.25, -0.2) is 9.78 Å². The number of carbonyl (C=O) groups is 1. The molecule has 1 aromatic carbocycles. The summed E-state index contributed by atoms with van der Waals surface area (Å²) < 4.78 is 0. The van der Waals surface area contributed by atoms with Crippen LogP contribution in [0.3, 0.4) is 0 Å². The largest absolute Gasteiger partial charge is 0.478 e. The van der Waals surface area contributed by atoms with Crippen molar-refractivity contribution in [3.05, 3.63) is 47.9 Å². The summed E-state index contributed by atoms with van der Waals surface area (Å²) in [4.78, 5) is 21.8. The molecule has 0 saturated carbocycles. The van der Waals surface area contributed by atoms with Crippen molar-refractivity contribution in [2.75, 3.05) is 0 Å². The maximum Gasteiger partial charge on any atom is 0.328 e. The molecule has 0 spiro atoms. The number of carboxylic acid groups (broad SMARTS) is 1. The van der Waals surface area contributed by atoms with Gasteiger partial charge in [0, 0.05) is 22.4 Å². The second-order valence-corrected chi connectivity index (χ2v) is 6.60. The van der Waals surface area contributed by atoms with Gasteiger partial charge in [0.2, 0.25) is 0 Å². The zero-order chi connectivity index (χ0) is 16.6. The summed E-state index contributed by atoms with van der Waals surface area (Å²) in [5.41, 5.74) is 3.72. The second-order valence-electron chi connectivity index (χ2n) is 6.60. The Labute approximate surface area is 134 Å². The predicted molar refractivity (Wildman–Crippen MR) is 91.3 cm³/mol. The highest BCUT2D eigenvalue weighted by atomic mass is 16.4. The number of aromatic amines is 2. The van der Waals surface area contributed by atoms with Gasteiger partial charge in [-0.15, -0.1) is 0 Å². The number of nitrogens with zero attached hydrogens (tertiary/aromatic N) is 1. The maximum atomic E-state index is 10.6. The van der Waals surface area contributed by atoms with E-state index >= 15 is 0 Å². The molecule has 2 aromatic heterocycles. The molecule has 5 heteroatoms. The van der Waals surface area contributed by atoms with Crippen LogP contribution in [0.25, 0.3) is 28.4 Å². The lowest BCUT2D eigenvalue weighted by atomic mass is 9.96. The van der Waals surface area contributed by atoms with E-state index in [9.17, 15) is 4.79 Å². The zero-order valence-electron chi connectivity index (χ0n) is 13.3. The number of hydrogen-bond acceptors (Lipinski definition) is 2. The van der Waals surface area contributed by atoms with Gasteiger partial charge in [0.1, 0.15) is 5.82 Å². The number of H-pyrrole nitrogens is 2. The first kappa shape index (κ1) is 15.1. The van der Waals surface area contributed by atoms with E-state index in [1.54, 1.807) is 6.08 Å². The molecule has 0 amide bonds. The van der Waals surface area contributed by atoms with Crippen LogP contribution in [0.2, 0.25) is 0 Å². The van der Waals surface area contributed by atoms with Crippen molar-refractivity contribution in [2.45, 2.75) is 26.2 Å². The molecule has 0 atom stereocenters. The van der Waals surface area contributed by atoms with Gasteiger partial charge in [0.15, 0.2) is 0 Å². The normalized spacial score (nSPS) is 12.3. The minimum absolute atomic E-state index is 0.0287. The Hall–Kier alpha value is -2.82. The van der Waals surface area contributed by atoms with Crippen LogP contribution in [0.4, 0.5) is 0 Å². The number of fused-ring (bicyclic) bond motifs is 1. The highest BCUT2D eigenvalue weighted by molar-refractivity contribution is 5.89. The fraction of sp³-hybridized carbons (Fsp3) is 0.222. The van der Waals surface area contributed by atoms with Gasteiger partial charge in [0.25, 0.3) is 0 Å². The number of carboxylic acids is 1. The maximum absolute atomic E-state index is 10.6. The third-order valence-electron chi connectivity index (χ3n) is 3.64. The monoisotopic (exact) mass is 309 g/mol. The summed E-state index contributed by atoms with van der Waals surface area (Å²) in [6, 6.07) is 7.82. The average Bonchev–Trinajstić information content (AvgIpc) is 3.10. The Morgan fingerprint density at radius 1 is 1.17 bits per heavy atom. The van der Waals surface area contributed by atoms with E-state index in [2.05, 4.69) is 35.7 Å². The Balaban J connectivity index is 1.97. The number of rotatable bonds is 3. The van der Waals surface area contributed by atoms with Crippen LogP contribution in [-0.2, 0) is 10.2 Å². The molecule has 0 bridgehead atoms. The zero-order valence-corrected chi connectivity index (χ0v) is 13.3. The quantitative estimate of drug-likeness (QED) is 0.641. The smallest absolute Gasteiger partial charge is 0.328 e. The molecule has 118 valence electrons. The first-order valence-electron chi connectivity index (χ1n) is 7.42. The van der Waals surface area contributed by atoms with Crippen LogP contribution in [0.15, 0.2) is 36.5 Å². The molecule has 0 aliphatic heterocycles. The Morgan fingerprint density at radius 2 is 1.96 bits per heavy atom. The Kier molecular flexibility index (Phi) is 3.56. The molecular formula is C18H19N3O2. The van der Waals surface area contributed by atoms with Crippen molar-refractivity contribution in [1.29, 1.82) is 0 Å². The van der Waals surface area contributed by atoms with Gasteiger partial charge in [0.05, 0.1) is 17.6 Å². The van der Waals surface area contributed by atoms with Crippen LogP contribution in [0, 0.1) is 0 Å². The summed E-state index contributed by atoms with van der Waals surface area (Å²) >= 11 is 0. The lowest BCUT2D eigenvalue weighted by Gasteiger charge is -2.13. The highest BCUT2D eigenvalue weighted by Crippen LogP contribution is 2.26. The third kappa shape index (κ3) is 3.18. The van der Waals surface area contributed by atoms with E-state index in [4.69, 9.17) is 5.11 Å². The molecule has 3 N–H and O–H groups in total. The summed E-state index contributed by atoms with van der Waals surface area (Å²) in [5, 5.41) is 9.73. The molecule has 0 fully saturated rings. The van der Waals surface area contributed by atoms with Crippen LogP contribution in [-0.4, -0.2) is 26.0 Å². The average molecular weight is 309 g/mol. The Bertz CT molecular complexity index is 895. The number of benzene rings is 1. The van der Waals surface area contributed by atoms with E-state index in [1.807, 2.05) is 30.5 Å². The Morgan fingerprint density at radius 3 is 2.61 bits per heavy atom. The first-order chi connectivity index (χ1) is 10.8. The standard InChI is InChI=1S/C18H19N3O2/c1-18(2,3)17-19-10-15(21-17)14-9-12-8-11(5-7-16(22)23)4-6-13(12)20-14/h4-10,20H,1-3H3,(H,19,21)(H,22,23)/b7-5+. The number of aliphatic carboxylic acids is 1. The molecule has 3 aromatic rings. The lowest BCUT2D eigenvalue weighted by molar-refractivity contribution is -0.131. The second kappa shape index (κ2) is 5.43. The molecule has 23 heavy (non-hydrogen) atoms. The minimum atomic E-state index is -0.952. The van der Waals surface area contributed by atoms with E-state index in [-0.39, 0.29) is 5.41 Å². The highest BCUT2D eigenvalue weighted by Gasteiger charge is 2.18. The van der Waals surface area contributed by atoms with E-state index in [1.165, 1.54) is 0 Å². The van der Waals surface area contributed by atoms with Crippen molar-refractivity contribution in [1.82, 2.24) is 15.0 Å². The van der Waals surface area contributed by atoms with Crippen molar-refractivity contribution < 1.29 is 9.90 Å². The molecule has 0 radical (unpaired) electrons. The van der Waals surface area contributed by atoms with Gasteiger partial charge in [-0.1, -0.05) is 26.8 Å². The molecule has 2 heterocycles. The fourth-order valence-electron chi connectivity index (χ4n) is 2.41. The minimum Gasteiger partial charge on any atom is -0.478 e. The van der Waals surface area contributed by atoms with Crippen molar-refractivity contribution in [2.24, 2.45) is 0 Å². The molecule has 0 aliphatic rings. The fourth-order valence-corrected chi connectivity index (χ4v) is 2.41. The molecule has 3 rings (SSSR count). The lowest BCUT2D eigenvalue weighted by Crippen LogP contribution is -2.13. The van der Waals surface area contributed by atoms with Gasteiger partial charge >= 0.3 is 5.97 Å². The summed E-state index contributed by atoms with van der Waals surface area (Å²) in [7, 11) is 0. The van der Waals surface area contributed by atoms with Crippen molar-refractivity contribution >= 4 is 22.9 Å². The SMILES string of the molecule is CC(C)(C)c1ncc(-c2cc3cc(/C=C/C(=O)O)ccc3[nH]2)[nH]1. The van der Waals surface area contributed by atoms with Crippen LogP contribution < -0.4 is 0 Å². The van der Waals surface area contributed by atoms with Gasteiger partial charge < -0.3 is 15.1 Å². The van der Waals surface area contributed by atoms with Gasteiger partial charge in [-0.2, -0.15) is 0 Å². The van der Waals surface area contributed by atoms with Gasteiger partial charge in [-0.3, -0.25) is 0 Å². The topological polar surface area (TPSA) is 81.8 Å². The van der Waals surface area contributed by atoms with E-state index < -0.39 is 5.97 Å². The van der Waals surface area contributed by atoms with E-state index in [0.29, 0.717) is 0 Å². The van der Waals surface area contributed by atoms with Gasteiger partial charge in [-0.05, 0) is 29.8 Å². The molecular weight excluding hydrogens is 290 g/mol. The predicted octanol–water partition coefficient (Wildman–Crippen LogP) is 3.95. The summed E-state index contributed by atoms with van der Waals surface area (Å²) in [6.07, 6.45) is 4.55. The van der Waals surface area contributed by atoms with Crippen molar-refractivity contribution in [3.63, 3.8) is 0 Å². The number of aromatic nitrogens is 3. The molecule has 0 saturated heterocycles. The number of hydrogen-bond donors (Lipinski definition) is 3. The van der Waals surface area contributed by atoms with E-state index in [0.717, 1.165) is 39.8 Å². The van der Waals surface area contributed by atoms with Crippen molar-refractivity contribution in [3.8, 4) is 11.4 Å². The number of imidazole rings is 1. The molecule has 0 unspecified atom stereocenters. The summed E-state index contributed by atoms with van der Waals surface area (Å²) in [5.74, 6) is -0.0109. The third-order valence-corrected chi connectivity index (χ3v) is 3.64. The van der Waals surface area contributed by atoms with Crippen LogP contribution in [0.1, 0.15) is 32.2 Å². The number of nitrogens with one attached hydrogen (secondary N) is 2. The van der Waals surface area contributed by atoms with Crippen LogP contribution in [0.5, 0.6) is 0 Å². The van der Waals surface area contributed by atoms with Crippen LogP contribution >= 0.6 is 0 Å². The molecule has 5 nitrogen and oxygen atoms in total. The first-order valence-corrected chi connectivity index (χ1v) is 7.42.